The monoisotopic (exact) mass is 319 g/mol. The van der Waals surface area contributed by atoms with Crippen molar-refractivity contribution in [1.82, 2.24) is 10.0 Å². The molecule has 1 aromatic rings. The maximum atomic E-state index is 11.9. The van der Waals surface area contributed by atoms with Gasteiger partial charge in [0.05, 0.1) is 11.4 Å². The zero-order chi connectivity index (χ0) is 14.0. The molecule has 0 aromatic heterocycles. The second-order valence-corrected chi connectivity index (χ2v) is 6.21. The summed E-state index contributed by atoms with van der Waals surface area (Å²) >= 11 is 0. The predicted molar refractivity (Wildman–Crippen MR) is 79.9 cm³/mol. The number of fused-ring (bicyclic) bond motifs is 1. The first kappa shape index (κ1) is 16.9. The van der Waals surface area contributed by atoms with Gasteiger partial charge in [-0.1, -0.05) is 0 Å². The number of rotatable bonds is 4. The minimum Gasteiger partial charge on any atom is -0.311 e. The van der Waals surface area contributed by atoms with Crippen LogP contribution >= 0.6 is 12.4 Å². The Balaban J connectivity index is 0.00000200. The van der Waals surface area contributed by atoms with Crippen molar-refractivity contribution in [3.05, 3.63) is 23.8 Å². The van der Waals surface area contributed by atoms with Crippen molar-refractivity contribution >= 4 is 34.0 Å². The van der Waals surface area contributed by atoms with Gasteiger partial charge in [-0.05, 0) is 44.3 Å². The topological polar surface area (TPSA) is 78.5 Å². The van der Waals surface area contributed by atoms with Crippen molar-refractivity contribution in [1.29, 1.82) is 0 Å². The molecule has 2 N–H and O–H groups in total. The number of hydrogen-bond acceptors (Lipinski definition) is 4. The van der Waals surface area contributed by atoms with Crippen LogP contribution < -0.4 is 14.9 Å². The van der Waals surface area contributed by atoms with Crippen LogP contribution in [0.25, 0.3) is 0 Å². The number of nitrogens with zero attached hydrogens (tertiary/aromatic N) is 1. The van der Waals surface area contributed by atoms with Crippen LogP contribution in [0, 0.1) is 0 Å². The highest BCUT2D eigenvalue weighted by molar-refractivity contribution is 7.89. The Bertz CT molecular complexity index is 604. The van der Waals surface area contributed by atoms with Crippen LogP contribution in [0.1, 0.15) is 5.56 Å². The number of amides is 1. The minimum atomic E-state index is -3.43. The number of sulfonamides is 1. The first-order valence-corrected chi connectivity index (χ1v) is 7.49. The molecule has 0 unspecified atom stereocenters. The number of nitrogens with one attached hydrogen (secondary N) is 2. The van der Waals surface area contributed by atoms with E-state index in [2.05, 4.69) is 10.0 Å². The third-order valence-corrected chi connectivity index (χ3v) is 4.57. The molecule has 1 aliphatic heterocycles. The molecule has 8 heteroatoms. The molecule has 0 bridgehead atoms. The second kappa shape index (κ2) is 6.53. The van der Waals surface area contributed by atoms with Crippen LogP contribution in [0.3, 0.4) is 0 Å². The number of likely N-dealkylation sites (N-methyl/N-ethyl adjacent to an activating group) is 1. The third-order valence-electron chi connectivity index (χ3n) is 3.15. The minimum absolute atomic E-state index is 0. The van der Waals surface area contributed by atoms with Gasteiger partial charge in [-0.2, -0.15) is 0 Å². The zero-order valence-corrected chi connectivity index (χ0v) is 13.0. The Labute approximate surface area is 125 Å². The first-order chi connectivity index (χ1) is 8.99. The summed E-state index contributed by atoms with van der Waals surface area (Å²) in [5.41, 5.74) is 1.69. The molecule has 0 aliphatic carbocycles. The number of halogens is 1. The van der Waals surface area contributed by atoms with E-state index in [1.165, 1.54) is 13.1 Å². The molecule has 112 valence electrons. The zero-order valence-electron chi connectivity index (χ0n) is 11.3. The SMILES string of the molecule is CNCC(=O)N1CCc2cc(S(=O)(=O)NC)ccc21.Cl. The molecule has 1 aliphatic rings. The van der Waals surface area contributed by atoms with Crippen molar-refractivity contribution in [3.63, 3.8) is 0 Å². The van der Waals surface area contributed by atoms with E-state index in [9.17, 15) is 13.2 Å². The fourth-order valence-corrected chi connectivity index (χ4v) is 2.95. The molecule has 20 heavy (non-hydrogen) atoms. The Kier molecular flexibility index (Phi) is 5.52. The highest BCUT2D eigenvalue weighted by atomic mass is 35.5. The van der Waals surface area contributed by atoms with Crippen LogP contribution in [-0.2, 0) is 21.2 Å². The largest absolute Gasteiger partial charge is 0.311 e. The van der Waals surface area contributed by atoms with E-state index in [1.807, 2.05) is 0 Å². The summed E-state index contributed by atoms with van der Waals surface area (Å²) in [5.74, 6) is -0.00882. The van der Waals surface area contributed by atoms with Gasteiger partial charge in [-0.3, -0.25) is 4.79 Å². The molecular weight excluding hydrogens is 302 g/mol. The van der Waals surface area contributed by atoms with Gasteiger partial charge in [0.25, 0.3) is 0 Å². The Morgan fingerprint density at radius 1 is 1.35 bits per heavy atom. The smallest absolute Gasteiger partial charge is 0.240 e. The van der Waals surface area contributed by atoms with Crippen LogP contribution in [0.2, 0.25) is 0 Å². The lowest BCUT2D eigenvalue weighted by molar-refractivity contribution is -0.117. The summed E-state index contributed by atoms with van der Waals surface area (Å²) in [6, 6.07) is 4.85. The summed E-state index contributed by atoms with van der Waals surface area (Å²) in [6.45, 7) is 0.870. The molecule has 2 rings (SSSR count). The molecule has 0 atom stereocenters. The van der Waals surface area contributed by atoms with E-state index in [4.69, 9.17) is 0 Å². The lowest BCUT2D eigenvalue weighted by Gasteiger charge is -2.17. The number of carbonyl (C=O) groups is 1. The van der Waals surface area contributed by atoms with Gasteiger partial charge in [0.2, 0.25) is 15.9 Å². The van der Waals surface area contributed by atoms with Gasteiger partial charge in [0.1, 0.15) is 0 Å². The summed E-state index contributed by atoms with van der Waals surface area (Å²) in [4.78, 5) is 13.8. The number of carbonyl (C=O) groups excluding carboxylic acids is 1. The Hall–Kier alpha value is -1.15. The van der Waals surface area contributed by atoms with E-state index in [1.54, 1.807) is 24.1 Å². The Morgan fingerprint density at radius 2 is 2.05 bits per heavy atom. The molecule has 6 nitrogen and oxygen atoms in total. The number of benzene rings is 1. The standard InChI is InChI=1S/C12H17N3O3S.ClH/c1-13-8-12(16)15-6-5-9-7-10(3-4-11(9)15)19(17,18)14-2;/h3-4,7,13-14H,5-6,8H2,1-2H3;1H. The maximum absolute atomic E-state index is 11.9. The van der Waals surface area contributed by atoms with Crippen LogP contribution in [0.5, 0.6) is 0 Å². The molecule has 0 spiro atoms. The molecule has 1 amide bonds. The van der Waals surface area contributed by atoms with Gasteiger partial charge in [0.15, 0.2) is 0 Å². The van der Waals surface area contributed by atoms with Gasteiger partial charge >= 0.3 is 0 Å². The summed E-state index contributed by atoms with van der Waals surface area (Å²) in [7, 11) is -0.334. The third kappa shape index (κ3) is 3.12. The molecule has 0 fully saturated rings. The van der Waals surface area contributed by atoms with Crippen molar-refractivity contribution in [2.75, 3.05) is 32.1 Å². The van der Waals surface area contributed by atoms with Gasteiger partial charge < -0.3 is 10.2 Å². The maximum Gasteiger partial charge on any atom is 0.240 e. The molecule has 0 saturated carbocycles. The van der Waals surface area contributed by atoms with Crippen molar-refractivity contribution < 1.29 is 13.2 Å². The summed E-state index contributed by atoms with van der Waals surface area (Å²) in [5, 5.41) is 2.82. The highest BCUT2D eigenvalue weighted by Crippen LogP contribution is 2.30. The van der Waals surface area contributed by atoms with E-state index in [-0.39, 0.29) is 29.8 Å². The highest BCUT2D eigenvalue weighted by Gasteiger charge is 2.25. The van der Waals surface area contributed by atoms with Gasteiger partial charge in [-0.25, -0.2) is 13.1 Å². The van der Waals surface area contributed by atoms with E-state index >= 15 is 0 Å². The average molecular weight is 320 g/mol. The van der Waals surface area contributed by atoms with Gasteiger partial charge in [0, 0.05) is 12.2 Å². The Morgan fingerprint density at radius 3 is 2.65 bits per heavy atom. The summed E-state index contributed by atoms with van der Waals surface area (Å²) in [6.07, 6.45) is 0.678. The van der Waals surface area contributed by atoms with Crippen molar-refractivity contribution in [3.8, 4) is 0 Å². The van der Waals surface area contributed by atoms with Crippen LogP contribution in [0.15, 0.2) is 23.1 Å². The molecular formula is C12H18ClN3O3S. The van der Waals surface area contributed by atoms with E-state index in [0.717, 1.165) is 11.3 Å². The van der Waals surface area contributed by atoms with Crippen LogP contribution in [0.4, 0.5) is 5.69 Å². The van der Waals surface area contributed by atoms with Crippen LogP contribution in [-0.4, -0.2) is 41.5 Å². The number of hydrogen-bond donors (Lipinski definition) is 2. The quantitative estimate of drug-likeness (QED) is 0.826. The van der Waals surface area contributed by atoms with Gasteiger partial charge in [-0.15, -0.1) is 12.4 Å². The average Bonchev–Trinajstić information content (AvgIpc) is 2.81. The summed E-state index contributed by atoms with van der Waals surface area (Å²) < 4.78 is 25.7. The predicted octanol–water partition coefficient (Wildman–Crippen LogP) is 0.125. The lowest BCUT2D eigenvalue weighted by atomic mass is 10.2. The fraction of sp³-hybridized carbons (Fsp3) is 0.417. The normalized spacial score (nSPS) is 13.8. The molecule has 1 aromatic carbocycles. The molecule has 0 radical (unpaired) electrons. The second-order valence-electron chi connectivity index (χ2n) is 4.32. The fourth-order valence-electron chi connectivity index (χ4n) is 2.17. The van der Waals surface area contributed by atoms with E-state index in [0.29, 0.717) is 13.0 Å². The first-order valence-electron chi connectivity index (χ1n) is 6.01. The number of anilines is 1. The van der Waals surface area contributed by atoms with Crippen molar-refractivity contribution in [2.24, 2.45) is 0 Å². The lowest BCUT2D eigenvalue weighted by Crippen LogP contribution is -2.35. The molecule has 0 saturated heterocycles. The van der Waals surface area contributed by atoms with E-state index < -0.39 is 10.0 Å². The van der Waals surface area contributed by atoms with Crippen molar-refractivity contribution in [2.45, 2.75) is 11.3 Å². The molecule has 1 heterocycles.